The number of aliphatic carboxylic acids is 1. The van der Waals surface area contributed by atoms with Gasteiger partial charge in [-0.15, -0.1) is 0 Å². The molecule has 0 aliphatic heterocycles. The molecule has 3 nitrogen and oxygen atoms in total. The number of ketones is 1. The molecule has 0 aromatic heterocycles. The van der Waals surface area contributed by atoms with Crippen molar-refractivity contribution in [2.75, 3.05) is 0 Å². The summed E-state index contributed by atoms with van der Waals surface area (Å²) in [5, 5.41) is 9.13. The highest BCUT2D eigenvalue weighted by Crippen LogP contribution is 2.56. The van der Waals surface area contributed by atoms with E-state index < -0.39 is 5.97 Å². The Bertz CT molecular complexity index is 410. The average molecular weight is 250 g/mol. The molecule has 2 aliphatic carbocycles. The Morgan fingerprint density at radius 2 is 2.22 bits per heavy atom. The van der Waals surface area contributed by atoms with Crippen molar-refractivity contribution in [3.63, 3.8) is 0 Å². The fourth-order valence-electron chi connectivity index (χ4n) is 3.88. The monoisotopic (exact) mass is 250 g/mol. The summed E-state index contributed by atoms with van der Waals surface area (Å²) in [5.41, 5.74) is 1.26. The third-order valence-electron chi connectivity index (χ3n) is 5.30. The summed E-state index contributed by atoms with van der Waals surface area (Å²) in [5.74, 6) is -0.150. The SMILES string of the molecule is CC1=CC(=O)C[C@H](C)[C@@]12CC[C@@H]([C@H](C)C(=O)O)C2. The van der Waals surface area contributed by atoms with Crippen LogP contribution in [0.3, 0.4) is 0 Å². The highest BCUT2D eigenvalue weighted by Gasteiger charge is 2.48. The molecule has 0 saturated heterocycles. The van der Waals surface area contributed by atoms with Gasteiger partial charge in [-0.1, -0.05) is 19.4 Å². The number of allylic oxidation sites excluding steroid dienone is 2. The first-order valence-corrected chi connectivity index (χ1v) is 6.81. The second-order valence-corrected chi connectivity index (χ2v) is 6.18. The number of carbonyl (C=O) groups is 2. The second kappa shape index (κ2) is 4.52. The van der Waals surface area contributed by atoms with Crippen LogP contribution in [0.5, 0.6) is 0 Å². The van der Waals surface area contributed by atoms with Crippen LogP contribution in [0.1, 0.15) is 46.5 Å². The highest BCUT2D eigenvalue weighted by atomic mass is 16.4. The van der Waals surface area contributed by atoms with Crippen molar-refractivity contribution in [3.8, 4) is 0 Å². The van der Waals surface area contributed by atoms with E-state index >= 15 is 0 Å². The van der Waals surface area contributed by atoms with Crippen LogP contribution in [0.25, 0.3) is 0 Å². The summed E-state index contributed by atoms with van der Waals surface area (Å²) in [6.45, 7) is 5.99. The predicted molar refractivity (Wildman–Crippen MR) is 69.1 cm³/mol. The molecule has 0 amide bonds. The fourth-order valence-corrected chi connectivity index (χ4v) is 3.88. The highest BCUT2D eigenvalue weighted by molar-refractivity contribution is 5.91. The summed E-state index contributed by atoms with van der Waals surface area (Å²) in [6, 6.07) is 0. The zero-order chi connectivity index (χ0) is 13.5. The molecule has 1 spiro atoms. The van der Waals surface area contributed by atoms with E-state index in [-0.39, 0.29) is 23.0 Å². The molecule has 2 aliphatic rings. The molecule has 0 heterocycles. The number of hydrogen-bond acceptors (Lipinski definition) is 2. The number of rotatable bonds is 2. The van der Waals surface area contributed by atoms with Gasteiger partial charge in [-0.2, -0.15) is 0 Å². The molecule has 3 heteroatoms. The van der Waals surface area contributed by atoms with Crippen molar-refractivity contribution in [1.29, 1.82) is 0 Å². The minimum Gasteiger partial charge on any atom is -0.481 e. The summed E-state index contributed by atoms with van der Waals surface area (Å²) in [7, 11) is 0. The molecule has 1 saturated carbocycles. The van der Waals surface area contributed by atoms with Crippen LogP contribution in [0.4, 0.5) is 0 Å². The molecule has 100 valence electrons. The van der Waals surface area contributed by atoms with Crippen molar-refractivity contribution in [3.05, 3.63) is 11.6 Å². The van der Waals surface area contributed by atoms with Gasteiger partial charge in [0, 0.05) is 6.42 Å². The maximum absolute atomic E-state index is 11.6. The van der Waals surface area contributed by atoms with Gasteiger partial charge in [-0.3, -0.25) is 9.59 Å². The molecule has 4 atom stereocenters. The molecule has 0 aromatic carbocycles. The maximum atomic E-state index is 11.6. The molecule has 0 unspecified atom stereocenters. The van der Waals surface area contributed by atoms with E-state index in [0.29, 0.717) is 12.3 Å². The minimum absolute atomic E-state index is 0.0856. The summed E-state index contributed by atoms with van der Waals surface area (Å²) >= 11 is 0. The van der Waals surface area contributed by atoms with Gasteiger partial charge < -0.3 is 5.11 Å². The summed E-state index contributed by atoms with van der Waals surface area (Å²) in [4.78, 5) is 22.7. The zero-order valence-corrected chi connectivity index (χ0v) is 11.4. The largest absolute Gasteiger partial charge is 0.481 e. The Labute approximate surface area is 108 Å². The lowest BCUT2D eigenvalue weighted by atomic mass is 9.64. The van der Waals surface area contributed by atoms with Crippen molar-refractivity contribution in [2.24, 2.45) is 23.2 Å². The molecule has 1 fully saturated rings. The van der Waals surface area contributed by atoms with Crippen LogP contribution in [0.2, 0.25) is 0 Å². The quantitative estimate of drug-likeness (QED) is 0.819. The third-order valence-corrected chi connectivity index (χ3v) is 5.30. The fraction of sp³-hybridized carbons (Fsp3) is 0.733. The molecular weight excluding hydrogens is 228 g/mol. The number of carboxylic acid groups (broad SMARTS) is 1. The van der Waals surface area contributed by atoms with Gasteiger partial charge in [0.05, 0.1) is 5.92 Å². The lowest BCUT2D eigenvalue weighted by Crippen LogP contribution is -2.33. The number of carboxylic acids is 1. The second-order valence-electron chi connectivity index (χ2n) is 6.18. The van der Waals surface area contributed by atoms with Crippen molar-refractivity contribution < 1.29 is 14.7 Å². The Balaban J connectivity index is 2.22. The topological polar surface area (TPSA) is 54.4 Å². The Kier molecular flexibility index (Phi) is 3.35. The average Bonchev–Trinajstić information content (AvgIpc) is 2.71. The summed E-state index contributed by atoms with van der Waals surface area (Å²) < 4.78 is 0. The van der Waals surface area contributed by atoms with Crippen LogP contribution in [-0.2, 0) is 9.59 Å². The third kappa shape index (κ3) is 2.00. The van der Waals surface area contributed by atoms with Crippen molar-refractivity contribution >= 4 is 11.8 Å². The van der Waals surface area contributed by atoms with Gasteiger partial charge in [0.1, 0.15) is 0 Å². The van der Waals surface area contributed by atoms with E-state index in [1.165, 1.54) is 5.57 Å². The first-order valence-electron chi connectivity index (χ1n) is 6.81. The first-order chi connectivity index (χ1) is 8.36. The molecule has 0 aromatic rings. The van der Waals surface area contributed by atoms with Gasteiger partial charge in [0.2, 0.25) is 0 Å². The smallest absolute Gasteiger partial charge is 0.306 e. The van der Waals surface area contributed by atoms with Gasteiger partial charge in [0.25, 0.3) is 0 Å². The normalized spacial score (nSPS) is 37.7. The van der Waals surface area contributed by atoms with E-state index in [9.17, 15) is 9.59 Å². The Morgan fingerprint density at radius 1 is 1.56 bits per heavy atom. The molecule has 0 radical (unpaired) electrons. The van der Waals surface area contributed by atoms with Crippen LogP contribution in [0.15, 0.2) is 11.6 Å². The van der Waals surface area contributed by atoms with Gasteiger partial charge in [-0.25, -0.2) is 0 Å². The maximum Gasteiger partial charge on any atom is 0.306 e. The van der Waals surface area contributed by atoms with Crippen LogP contribution < -0.4 is 0 Å². The lowest BCUT2D eigenvalue weighted by molar-refractivity contribution is -0.143. The Morgan fingerprint density at radius 3 is 2.78 bits per heavy atom. The van der Waals surface area contributed by atoms with E-state index in [1.807, 2.05) is 13.8 Å². The molecule has 0 bridgehead atoms. The molecular formula is C15H22O3. The first kappa shape index (κ1) is 13.3. The predicted octanol–water partition coefficient (Wildman–Crippen LogP) is 3.05. The van der Waals surface area contributed by atoms with Crippen molar-refractivity contribution in [2.45, 2.75) is 46.5 Å². The van der Waals surface area contributed by atoms with Crippen LogP contribution >= 0.6 is 0 Å². The summed E-state index contributed by atoms with van der Waals surface area (Å²) in [6.07, 6.45) is 5.33. The van der Waals surface area contributed by atoms with Gasteiger partial charge in [-0.05, 0) is 49.5 Å². The molecule has 2 rings (SSSR count). The standard InChI is InChI=1S/C15H22O3/c1-9-6-13(16)7-10(2)15(9)5-4-12(8-15)11(3)14(17)18/h6,10-12H,4-5,7-8H2,1-3H3,(H,17,18)/t10-,11-,12+,15+/m0/s1. The van der Waals surface area contributed by atoms with E-state index in [0.717, 1.165) is 19.3 Å². The van der Waals surface area contributed by atoms with Gasteiger partial charge in [0.15, 0.2) is 5.78 Å². The zero-order valence-electron chi connectivity index (χ0n) is 11.4. The molecule has 18 heavy (non-hydrogen) atoms. The van der Waals surface area contributed by atoms with Crippen molar-refractivity contribution in [1.82, 2.24) is 0 Å². The van der Waals surface area contributed by atoms with E-state index in [1.54, 1.807) is 6.08 Å². The van der Waals surface area contributed by atoms with Crippen LogP contribution in [-0.4, -0.2) is 16.9 Å². The lowest BCUT2D eigenvalue weighted by Gasteiger charge is -2.40. The molecule has 1 N–H and O–H groups in total. The van der Waals surface area contributed by atoms with Gasteiger partial charge >= 0.3 is 5.97 Å². The Hall–Kier alpha value is -1.12. The number of hydrogen-bond donors (Lipinski definition) is 1. The van der Waals surface area contributed by atoms with E-state index in [4.69, 9.17) is 5.11 Å². The van der Waals surface area contributed by atoms with Crippen LogP contribution in [0, 0.1) is 23.2 Å². The minimum atomic E-state index is -0.696. The van der Waals surface area contributed by atoms with E-state index in [2.05, 4.69) is 6.92 Å². The number of carbonyl (C=O) groups excluding carboxylic acids is 1.